The molecule has 0 unspecified atom stereocenters. The van der Waals surface area contributed by atoms with Crippen molar-refractivity contribution < 1.29 is 48.8 Å². The quantitative estimate of drug-likeness (QED) is 0.260. The summed E-state index contributed by atoms with van der Waals surface area (Å²) < 4.78 is 10.2. The highest BCUT2D eigenvalue weighted by Gasteiger charge is 2.68. The second-order valence-electron chi connectivity index (χ2n) is 14.2. The molecule has 11 nitrogen and oxygen atoms in total. The molecule has 256 valence electrons. The van der Waals surface area contributed by atoms with Crippen molar-refractivity contribution in [2.24, 2.45) is 28.6 Å². The van der Waals surface area contributed by atoms with E-state index in [0.717, 1.165) is 18.4 Å². The van der Waals surface area contributed by atoms with Crippen LogP contribution in [0.3, 0.4) is 0 Å². The number of carbonyl (C=O) groups is 5. The van der Waals surface area contributed by atoms with Crippen molar-refractivity contribution in [3.05, 3.63) is 47.5 Å². The lowest BCUT2D eigenvalue weighted by molar-refractivity contribution is -0.184. The third-order valence-electron chi connectivity index (χ3n) is 11.7. The van der Waals surface area contributed by atoms with Gasteiger partial charge in [-0.1, -0.05) is 49.8 Å². The van der Waals surface area contributed by atoms with Crippen molar-refractivity contribution in [1.29, 1.82) is 0 Å². The number of amides is 1. The molecule has 3 fully saturated rings. The fraction of sp³-hybridized carbons (Fsp3) is 0.639. The lowest BCUT2D eigenvalue weighted by atomic mass is 9.45. The predicted octanol–water partition coefficient (Wildman–Crippen LogP) is 2.89. The van der Waals surface area contributed by atoms with Crippen LogP contribution < -0.4 is 5.32 Å². The minimum Gasteiger partial charge on any atom is -0.464 e. The molecular weight excluding hydrogens is 606 g/mol. The summed E-state index contributed by atoms with van der Waals surface area (Å²) in [6, 6.07) is 6.92. The van der Waals surface area contributed by atoms with Gasteiger partial charge in [-0.3, -0.25) is 19.2 Å². The standard InChI is InChI=1S/C36H47NO10/c1-4-46-33(44)31(32(43)21-8-6-5-7-9-21)37-28(41)12-13-29(42)47-20-27(40)36(45)17-15-25-24-11-10-22-18-23(38)14-16-34(22,2)30(24)26(39)19-35(25,36)3/h5-9,18,24-26,30-32,39,43,45H,4,10-17,19-20H2,1-3H3,(H,37,41)/t24-,25-,26-,30+,31-,32+,34-,35-,36-/m0/s1. The molecule has 0 spiro atoms. The molecule has 5 rings (SSSR count). The monoisotopic (exact) mass is 653 g/mol. The minimum atomic E-state index is -1.79. The molecule has 4 aliphatic rings. The van der Waals surface area contributed by atoms with E-state index in [9.17, 15) is 39.3 Å². The number of aliphatic hydroxyl groups excluding tert-OH is 2. The van der Waals surface area contributed by atoms with Gasteiger partial charge >= 0.3 is 11.9 Å². The van der Waals surface area contributed by atoms with Crippen LogP contribution in [-0.4, -0.2) is 75.7 Å². The van der Waals surface area contributed by atoms with E-state index in [2.05, 4.69) is 12.2 Å². The average molecular weight is 654 g/mol. The van der Waals surface area contributed by atoms with E-state index in [0.29, 0.717) is 24.8 Å². The summed E-state index contributed by atoms with van der Waals surface area (Å²) in [6.45, 7) is 4.97. The normalized spacial score (nSPS) is 34.1. The number of hydrogen-bond acceptors (Lipinski definition) is 10. The van der Waals surface area contributed by atoms with E-state index in [1.807, 2.05) is 6.92 Å². The van der Waals surface area contributed by atoms with E-state index in [-0.39, 0.29) is 54.8 Å². The molecule has 4 N–H and O–H groups in total. The first-order valence-corrected chi connectivity index (χ1v) is 16.8. The maximum atomic E-state index is 13.5. The number of ether oxygens (including phenoxy) is 2. The third-order valence-corrected chi connectivity index (χ3v) is 11.7. The Morgan fingerprint density at radius 3 is 2.45 bits per heavy atom. The van der Waals surface area contributed by atoms with Crippen LogP contribution in [0, 0.1) is 28.6 Å². The maximum Gasteiger partial charge on any atom is 0.331 e. The molecule has 0 aromatic heterocycles. The highest BCUT2D eigenvalue weighted by atomic mass is 16.5. The van der Waals surface area contributed by atoms with E-state index in [1.165, 1.54) is 0 Å². The molecule has 0 aliphatic heterocycles. The van der Waals surface area contributed by atoms with Gasteiger partial charge in [-0.2, -0.15) is 0 Å². The van der Waals surface area contributed by atoms with Crippen LogP contribution in [0.25, 0.3) is 0 Å². The van der Waals surface area contributed by atoms with E-state index < -0.39 is 65.9 Å². The molecule has 1 aromatic carbocycles. The molecule has 11 heteroatoms. The maximum absolute atomic E-state index is 13.5. The predicted molar refractivity (Wildman–Crippen MR) is 168 cm³/mol. The molecule has 0 saturated heterocycles. The zero-order valence-corrected chi connectivity index (χ0v) is 27.4. The average Bonchev–Trinajstić information content (AvgIpc) is 3.32. The van der Waals surface area contributed by atoms with Crippen LogP contribution in [-0.2, 0) is 33.4 Å². The number of carbonyl (C=O) groups excluding carboxylic acids is 5. The van der Waals surface area contributed by atoms with Crippen LogP contribution in [0.15, 0.2) is 42.0 Å². The second kappa shape index (κ2) is 13.6. The number of nitrogens with one attached hydrogen (secondary N) is 1. The van der Waals surface area contributed by atoms with E-state index >= 15 is 0 Å². The van der Waals surface area contributed by atoms with Gasteiger partial charge in [0.1, 0.15) is 11.7 Å². The Bertz CT molecular complexity index is 1430. The molecule has 0 heterocycles. The molecule has 1 aromatic rings. The fourth-order valence-corrected chi connectivity index (χ4v) is 9.29. The molecule has 4 aliphatic carbocycles. The van der Waals surface area contributed by atoms with Gasteiger partial charge in [0, 0.05) is 18.3 Å². The highest BCUT2D eigenvalue weighted by molar-refractivity contribution is 5.92. The summed E-state index contributed by atoms with van der Waals surface area (Å²) in [7, 11) is 0. The number of aliphatic hydroxyl groups is 3. The molecule has 0 radical (unpaired) electrons. The third kappa shape index (κ3) is 6.41. The van der Waals surface area contributed by atoms with Gasteiger partial charge in [-0.15, -0.1) is 0 Å². The zero-order chi connectivity index (χ0) is 34.1. The van der Waals surface area contributed by atoms with Crippen LogP contribution in [0.4, 0.5) is 0 Å². The number of fused-ring (bicyclic) bond motifs is 5. The number of benzene rings is 1. The fourth-order valence-electron chi connectivity index (χ4n) is 9.29. The van der Waals surface area contributed by atoms with Gasteiger partial charge in [-0.25, -0.2) is 4.79 Å². The number of Topliss-reactive ketones (excluding diaryl/α,β-unsaturated/α-hetero) is 1. The summed E-state index contributed by atoms with van der Waals surface area (Å²) in [5.74, 6) is -2.85. The number of allylic oxidation sites excluding steroid dienone is 1. The smallest absolute Gasteiger partial charge is 0.331 e. The first kappa shape index (κ1) is 34.9. The first-order valence-electron chi connectivity index (χ1n) is 16.8. The van der Waals surface area contributed by atoms with Gasteiger partial charge in [-0.05, 0) is 80.3 Å². The number of hydrogen-bond donors (Lipinski definition) is 4. The van der Waals surface area contributed by atoms with Crippen molar-refractivity contribution in [1.82, 2.24) is 5.32 Å². The van der Waals surface area contributed by atoms with E-state index in [4.69, 9.17) is 9.47 Å². The molecule has 1 amide bonds. The highest BCUT2D eigenvalue weighted by Crippen LogP contribution is 2.67. The van der Waals surface area contributed by atoms with Crippen molar-refractivity contribution in [2.75, 3.05) is 13.2 Å². The SMILES string of the molecule is CCOC(=O)[C@@H](NC(=O)CCC(=O)OCC(=O)[C@@]1(O)CC[C@H]2[C@@H]3CCC4=CC(=O)CC[C@]4(C)[C@H]3[C@@H](O)C[C@@]21C)[C@H](O)c1ccccc1. The topological polar surface area (TPSA) is 177 Å². The first-order chi connectivity index (χ1) is 22.2. The van der Waals surface area contributed by atoms with Gasteiger partial charge in [0.05, 0.1) is 19.1 Å². The second-order valence-corrected chi connectivity index (χ2v) is 14.2. The molecule has 3 saturated carbocycles. The molecular formula is C36H47NO10. The van der Waals surface area contributed by atoms with Crippen molar-refractivity contribution in [3.8, 4) is 0 Å². The Balaban J connectivity index is 1.17. The summed E-state index contributed by atoms with van der Waals surface area (Å²) in [5, 5.41) is 36.6. The van der Waals surface area contributed by atoms with Gasteiger partial charge < -0.3 is 30.1 Å². The Labute approximate surface area is 275 Å². The lowest BCUT2D eigenvalue weighted by Crippen LogP contribution is -2.62. The van der Waals surface area contributed by atoms with E-state index in [1.54, 1.807) is 43.3 Å². The van der Waals surface area contributed by atoms with Crippen LogP contribution in [0.5, 0.6) is 0 Å². The van der Waals surface area contributed by atoms with Crippen LogP contribution >= 0.6 is 0 Å². The van der Waals surface area contributed by atoms with Crippen molar-refractivity contribution in [3.63, 3.8) is 0 Å². The Morgan fingerprint density at radius 1 is 1.02 bits per heavy atom. The number of esters is 2. The van der Waals surface area contributed by atoms with Gasteiger partial charge in [0.2, 0.25) is 11.7 Å². The summed E-state index contributed by atoms with van der Waals surface area (Å²) in [5.41, 5.74) is -1.50. The van der Waals surface area contributed by atoms with Crippen molar-refractivity contribution in [2.45, 2.75) is 102 Å². The Kier molecular flexibility index (Phi) is 10.1. The summed E-state index contributed by atoms with van der Waals surface area (Å²) in [4.78, 5) is 63.5. The van der Waals surface area contributed by atoms with Gasteiger partial charge in [0.25, 0.3) is 0 Å². The minimum absolute atomic E-state index is 0.0150. The summed E-state index contributed by atoms with van der Waals surface area (Å²) >= 11 is 0. The largest absolute Gasteiger partial charge is 0.464 e. The van der Waals surface area contributed by atoms with Gasteiger partial charge in [0.15, 0.2) is 18.4 Å². The van der Waals surface area contributed by atoms with Crippen LogP contribution in [0.2, 0.25) is 0 Å². The number of ketones is 2. The van der Waals surface area contributed by atoms with Crippen LogP contribution in [0.1, 0.15) is 90.2 Å². The number of rotatable bonds is 11. The molecule has 47 heavy (non-hydrogen) atoms. The molecule has 0 bridgehead atoms. The van der Waals surface area contributed by atoms with Crippen molar-refractivity contribution >= 4 is 29.4 Å². The lowest BCUT2D eigenvalue weighted by Gasteiger charge is -2.60. The Morgan fingerprint density at radius 2 is 1.74 bits per heavy atom. The zero-order valence-electron chi connectivity index (χ0n) is 27.4. The molecule has 9 atom stereocenters. The summed E-state index contributed by atoms with van der Waals surface area (Å²) in [6.07, 6.45) is 2.55. The Hall–Kier alpha value is -3.41.